The first-order valence-corrected chi connectivity index (χ1v) is 6.99. The average Bonchev–Trinajstić information content (AvgIpc) is 2.88. The largest absolute Gasteiger partial charge is 0.478 e. The molecular formula is C15H21N3O2. The van der Waals surface area contributed by atoms with E-state index >= 15 is 0 Å². The number of rotatable bonds is 6. The molecule has 1 atom stereocenters. The highest BCUT2D eigenvalue weighted by Crippen LogP contribution is 2.21. The maximum Gasteiger partial charge on any atom is 0.337 e. The first-order valence-electron chi connectivity index (χ1n) is 6.99. The van der Waals surface area contributed by atoms with Crippen LogP contribution in [0.4, 0.5) is 0 Å². The van der Waals surface area contributed by atoms with Crippen LogP contribution in [-0.4, -0.2) is 45.2 Å². The van der Waals surface area contributed by atoms with E-state index in [-0.39, 0.29) is 11.6 Å². The molecule has 0 aliphatic heterocycles. The Morgan fingerprint density at radius 1 is 1.40 bits per heavy atom. The lowest BCUT2D eigenvalue weighted by molar-refractivity contribution is 0.0699. The third-order valence-corrected chi connectivity index (χ3v) is 3.73. The molecule has 20 heavy (non-hydrogen) atoms. The van der Waals surface area contributed by atoms with E-state index in [0.29, 0.717) is 5.52 Å². The number of imidazole rings is 1. The van der Waals surface area contributed by atoms with Gasteiger partial charge in [0, 0.05) is 12.6 Å². The number of benzene rings is 1. The number of carboxylic acids is 1. The van der Waals surface area contributed by atoms with Gasteiger partial charge in [0.05, 0.1) is 17.4 Å². The Kier molecular flexibility index (Phi) is 4.39. The highest BCUT2D eigenvalue weighted by atomic mass is 16.4. The molecule has 0 fully saturated rings. The maximum absolute atomic E-state index is 11.2. The van der Waals surface area contributed by atoms with Crippen molar-refractivity contribution in [1.29, 1.82) is 0 Å². The van der Waals surface area contributed by atoms with Gasteiger partial charge in [-0.3, -0.25) is 0 Å². The van der Waals surface area contributed by atoms with Crippen molar-refractivity contribution in [3.05, 3.63) is 30.1 Å². The summed E-state index contributed by atoms with van der Waals surface area (Å²) >= 11 is 0. The Balaban J connectivity index is 2.36. The smallest absolute Gasteiger partial charge is 0.337 e. The highest BCUT2D eigenvalue weighted by Gasteiger charge is 2.16. The molecule has 1 heterocycles. The lowest BCUT2D eigenvalue weighted by atomic mass is 10.2. The number of likely N-dealkylation sites (N-methyl/N-ethyl adjacent to an activating group) is 1. The van der Waals surface area contributed by atoms with Crippen LogP contribution in [0, 0.1) is 0 Å². The van der Waals surface area contributed by atoms with Crippen LogP contribution in [0.15, 0.2) is 24.5 Å². The van der Waals surface area contributed by atoms with Gasteiger partial charge in [-0.05, 0) is 32.1 Å². The van der Waals surface area contributed by atoms with Crippen LogP contribution in [0.2, 0.25) is 0 Å². The number of fused-ring (bicyclic) bond motifs is 1. The predicted octanol–water partition coefficient (Wildman–Crippen LogP) is 2.64. The lowest BCUT2D eigenvalue weighted by Crippen LogP contribution is -2.29. The molecule has 2 rings (SSSR count). The molecule has 5 heteroatoms. The Hall–Kier alpha value is -1.88. The molecule has 0 saturated heterocycles. The van der Waals surface area contributed by atoms with Gasteiger partial charge in [-0.25, -0.2) is 9.78 Å². The summed E-state index contributed by atoms with van der Waals surface area (Å²) in [5.41, 5.74) is 1.70. The molecule has 0 radical (unpaired) electrons. The second-order valence-corrected chi connectivity index (χ2v) is 4.97. The predicted molar refractivity (Wildman–Crippen MR) is 79.2 cm³/mol. The summed E-state index contributed by atoms with van der Waals surface area (Å²) in [6.07, 6.45) is 1.74. The van der Waals surface area contributed by atoms with Crippen LogP contribution in [0.25, 0.3) is 11.0 Å². The minimum absolute atomic E-state index is 0.254. The molecule has 0 spiro atoms. The van der Waals surface area contributed by atoms with E-state index in [1.807, 2.05) is 6.07 Å². The van der Waals surface area contributed by atoms with Gasteiger partial charge in [-0.15, -0.1) is 0 Å². The number of carboxylic acid groups (broad SMARTS) is 1. The molecule has 2 aromatic rings. The zero-order valence-corrected chi connectivity index (χ0v) is 12.2. The number of aromatic carboxylic acids is 1. The number of nitrogens with zero attached hydrogens (tertiary/aromatic N) is 3. The molecule has 1 unspecified atom stereocenters. The van der Waals surface area contributed by atoms with Gasteiger partial charge in [-0.2, -0.15) is 0 Å². The summed E-state index contributed by atoms with van der Waals surface area (Å²) in [5.74, 6) is -0.933. The fraction of sp³-hybridized carbons (Fsp3) is 0.467. The molecule has 1 N–H and O–H groups in total. The minimum atomic E-state index is -0.933. The second-order valence-electron chi connectivity index (χ2n) is 4.97. The van der Waals surface area contributed by atoms with E-state index in [1.54, 1.807) is 18.5 Å². The van der Waals surface area contributed by atoms with Crippen LogP contribution < -0.4 is 0 Å². The normalized spacial score (nSPS) is 13.0. The molecule has 0 saturated carbocycles. The van der Waals surface area contributed by atoms with Gasteiger partial charge in [0.2, 0.25) is 0 Å². The fourth-order valence-electron chi connectivity index (χ4n) is 2.52. The first-order chi connectivity index (χ1) is 9.58. The monoisotopic (exact) mass is 275 g/mol. The number of para-hydroxylation sites is 1. The second kappa shape index (κ2) is 6.05. The zero-order chi connectivity index (χ0) is 14.7. The van der Waals surface area contributed by atoms with Crippen molar-refractivity contribution in [3.63, 3.8) is 0 Å². The summed E-state index contributed by atoms with van der Waals surface area (Å²) in [7, 11) is 0. The quantitative estimate of drug-likeness (QED) is 0.880. The summed E-state index contributed by atoms with van der Waals surface area (Å²) in [4.78, 5) is 17.8. The van der Waals surface area contributed by atoms with Gasteiger partial charge in [0.15, 0.2) is 0 Å². The van der Waals surface area contributed by atoms with E-state index in [1.165, 1.54) is 0 Å². The molecule has 108 valence electrons. The van der Waals surface area contributed by atoms with Gasteiger partial charge in [0.25, 0.3) is 0 Å². The molecule has 1 aromatic heterocycles. The van der Waals surface area contributed by atoms with Crippen LogP contribution >= 0.6 is 0 Å². The van der Waals surface area contributed by atoms with E-state index in [9.17, 15) is 9.90 Å². The van der Waals surface area contributed by atoms with Crippen molar-refractivity contribution in [2.45, 2.75) is 26.8 Å². The van der Waals surface area contributed by atoms with Crippen molar-refractivity contribution in [2.24, 2.45) is 0 Å². The summed E-state index contributed by atoms with van der Waals surface area (Å²) in [6, 6.07) is 5.54. The van der Waals surface area contributed by atoms with Crippen LogP contribution in [-0.2, 0) is 0 Å². The van der Waals surface area contributed by atoms with E-state index in [0.717, 1.165) is 25.2 Å². The van der Waals surface area contributed by atoms with E-state index in [2.05, 4.69) is 35.2 Å². The first kappa shape index (κ1) is 14.5. The molecule has 1 aromatic carbocycles. The fourth-order valence-corrected chi connectivity index (χ4v) is 2.52. The molecular weight excluding hydrogens is 254 g/mol. The van der Waals surface area contributed by atoms with Crippen molar-refractivity contribution in [3.8, 4) is 0 Å². The Morgan fingerprint density at radius 2 is 2.10 bits per heavy atom. The minimum Gasteiger partial charge on any atom is -0.478 e. The van der Waals surface area contributed by atoms with Crippen LogP contribution in [0.1, 0.15) is 37.2 Å². The van der Waals surface area contributed by atoms with Gasteiger partial charge >= 0.3 is 5.97 Å². The highest BCUT2D eigenvalue weighted by molar-refractivity contribution is 6.00. The summed E-state index contributed by atoms with van der Waals surface area (Å²) < 4.78 is 2.06. The zero-order valence-electron chi connectivity index (χ0n) is 12.2. The number of hydrogen-bond donors (Lipinski definition) is 1. The Bertz CT molecular complexity index is 602. The molecule has 5 nitrogen and oxygen atoms in total. The molecule has 0 aliphatic carbocycles. The van der Waals surface area contributed by atoms with Crippen molar-refractivity contribution in [1.82, 2.24) is 14.5 Å². The average molecular weight is 275 g/mol. The van der Waals surface area contributed by atoms with Gasteiger partial charge in [-0.1, -0.05) is 19.9 Å². The maximum atomic E-state index is 11.2. The van der Waals surface area contributed by atoms with Crippen molar-refractivity contribution in [2.75, 3.05) is 19.6 Å². The molecule has 0 aliphatic rings. The summed E-state index contributed by atoms with van der Waals surface area (Å²) in [5, 5.41) is 9.19. The van der Waals surface area contributed by atoms with Crippen LogP contribution in [0.3, 0.4) is 0 Å². The molecule has 0 amide bonds. The van der Waals surface area contributed by atoms with Gasteiger partial charge in [0.1, 0.15) is 5.52 Å². The third-order valence-electron chi connectivity index (χ3n) is 3.73. The number of hydrogen-bond acceptors (Lipinski definition) is 3. The Labute approximate surface area is 118 Å². The van der Waals surface area contributed by atoms with Crippen molar-refractivity contribution < 1.29 is 9.90 Å². The van der Waals surface area contributed by atoms with Gasteiger partial charge < -0.3 is 14.6 Å². The SMILES string of the molecule is CCN(CC)CC(C)n1cnc2c(C(=O)O)cccc21. The topological polar surface area (TPSA) is 58.4 Å². The lowest BCUT2D eigenvalue weighted by Gasteiger charge is -2.24. The van der Waals surface area contributed by atoms with Crippen LogP contribution in [0.5, 0.6) is 0 Å². The van der Waals surface area contributed by atoms with E-state index < -0.39 is 5.97 Å². The molecule has 0 bridgehead atoms. The summed E-state index contributed by atoms with van der Waals surface area (Å²) in [6.45, 7) is 9.36. The van der Waals surface area contributed by atoms with Crippen molar-refractivity contribution >= 4 is 17.0 Å². The Morgan fingerprint density at radius 3 is 2.70 bits per heavy atom. The third kappa shape index (κ3) is 2.67. The number of carbonyl (C=O) groups is 1. The van der Waals surface area contributed by atoms with E-state index in [4.69, 9.17) is 0 Å². The number of aromatic nitrogens is 2. The standard InChI is InChI=1S/C15H21N3O2/c1-4-17(5-2)9-11(3)18-10-16-14-12(15(19)20)7-6-8-13(14)18/h6-8,10-11H,4-5,9H2,1-3H3,(H,19,20).